The van der Waals surface area contributed by atoms with E-state index < -0.39 is 0 Å². The highest BCUT2D eigenvalue weighted by Gasteiger charge is 2.14. The van der Waals surface area contributed by atoms with Gasteiger partial charge in [0.1, 0.15) is 4.83 Å². The number of benzene rings is 1. The van der Waals surface area contributed by atoms with Crippen molar-refractivity contribution in [2.24, 2.45) is 7.05 Å². The predicted molar refractivity (Wildman–Crippen MR) is 98.9 cm³/mol. The van der Waals surface area contributed by atoms with Crippen LogP contribution >= 0.6 is 23.1 Å². The zero-order valence-corrected chi connectivity index (χ0v) is 15.2. The van der Waals surface area contributed by atoms with E-state index in [0.29, 0.717) is 28.0 Å². The highest BCUT2D eigenvalue weighted by Crippen LogP contribution is 2.32. The van der Waals surface area contributed by atoms with Crippen LogP contribution in [0.5, 0.6) is 0 Å². The van der Waals surface area contributed by atoms with E-state index in [-0.39, 0.29) is 5.56 Å². The fourth-order valence-electron chi connectivity index (χ4n) is 2.45. The first kappa shape index (κ1) is 16.0. The van der Waals surface area contributed by atoms with Crippen molar-refractivity contribution in [3.8, 4) is 10.4 Å². The standard InChI is InChI=1S/C17H14N4O2S2/c1-10-18-14(23-20-10)9-24-17-19-15-12(16(22)21(17)2)8-13(25-15)11-6-4-3-5-7-11/h3-8H,9H2,1-2H3. The van der Waals surface area contributed by atoms with E-state index in [1.807, 2.05) is 36.4 Å². The van der Waals surface area contributed by atoms with E-state index in [1.165, 1.54) is 23.1 Å². The summed E-state index contributed by atoms with van der Waals surface area (Å²) in [5.41, 5.74) is 1.04. The molecule has 0 N–H and O–H groups in total. The number of hydrogen-bond donors (Lipinski definition) is 0. The van der Waals surface area contributed by atoms with Gasteiger partial charge in [0.25, 0.3) is 5.56 Å². The van der Waals surface area contributed by atoms with E-state index in [1.54, 1.807) is 18.5 Å². The summed E-state index contributed by atoms with van der Waals surface area (Å²) in [6, 6.07) is 11.9. The molecule has 0 amide bonds. The number of thioether (sulfide) groups is 1. The molecule has 0 saturated heterocycles. The van der Waals surface area contributed by atoms with Crippen LogP contribution in [0.1, 0.15) is 11.7 Å². The Balaban J connectivity index is 1.71. The molecule has 126 valence electrons. The van der Waals surface area contributed by atoms with E-state index in [2.05, 4.69) is 15.1 Å². The summed E-state index contributed by atoms with van der Waals surface area (Å²) < 4.78 is 6.68. The van der Waals surface area contributed by atoms with E-state index in [4.69, 9.17) is 4.52 Å². The molecule has 1 aromatic carbocycles. The maximum absolute atomic E-state index is 12.7. The van der Waals surface area contributed by atoms with E-state index in [0.717, 1.165) is 15.3 Å². The lowest BCUT2D eigenvalue weighted by Crippen LogP contribution is -2.19. The second-order valence-corrected chi connectivity index (χ2v) is 7.45. The first-order valence-corrected chi connectivity index (χ1v) is 9.40. The molecule has 0 unspecified atom stereocenters. The fourth-order valence-corrected chi connectivity index (χ4v) is 4.33. The van der Waals surface area contributed by atoms with E-state index >= 15 is 0 Å². The van der Waals surface area contributed by atoms with Crippen LogP contribution in [0, 0.1) is 6.92 Å². The molecule has 3 aromatic heterocycles. The first-order chi connectivity index (χ1) is 12.1. The number of nitrogens with zero attached hydrogens (tertiary/aromatic N) is 4. The second kappa shape index (κ2) is 6.45. The van der Waals surface area contributed by atoms with Crippen LogP contribution in [0.2, 0.25) is 0 Å². The van der Waals surface area contributed by atoms with Gasteiger partial charge in [0.2, 0.25) is 5.89 Å². The molecule has 0 spiro atoms. The topological polar surface area (TPSA) is 73.8 Å². The molecule has 0 aliphatic heterocycles. The number of aryl methyl sites for hydroxylation is 1. The maximum Gasteiger partial charge on any atom is 0.262 e. The zero-order valence-electron chi connectivity index (χ0n) is 13.6. The van der Waals surface area contributed by atoms with Gasteiger partial charge < -0.3 is 4.52 Å². The molecule has 25 heavy (non-hydrogen) atoms. The van der Waals surface area contributed by atoms with Crippen LogP contribution in [0.3, 0.4) is 0 Å². The Bertz CT molecular complexity index is 1100. The molecule has 6 nitrogen and oxygen atoms in total. The van der Waals surface area contributed by atoms with Gasteiger partial charge in [-0.15, -0.1) is 11.3 Å². The molecule has 8 heteroatoms. The summed E-state index contributed by atoms with van der Waals surface area (Å²) in [4.78, 5) is 23.3. The molecular formula is C17H14N4O2S2. The van der Waals surface area contributed by atoms with Gasteiger partial charge in [-0.05, 0) is 18.6 Å². The molecule has 3 heterocycles. The SMILES string of the molecule is Cc1noc(CSc2nc3sc(-c4ccccc4)cc3c(=O)n2C)n1. The lowest BCUT2D eigenvalue weighted by atomic mass is 10.2. The lowest BCUT2D eigenvalue weighted by molar-refractivity contribution is 0.387. The van der Waals surface area contributed by atoms with Gasteiger partial charge in [-0.1, -0.05) is 47.3 Å². The molecule has 4 aromatic rings. The van der Waals surface area contributed by atoms with Gasteiger partial charge >= 0.3 is 0 Å². The number of thiophene rings is 1. The fraction of sp³-hybridized carbons (Fsp3) is 0.176. The average Bonchev–Trinajstić information content (AvgIpc) is 3.24. The summed E-state index contributed by atoms with van der Waals surface area (Å²) in [6.45, 7) is 1.77. The minimum Gasteiger partial charge on any atom is -0.338 e. The first-order valence-electron chi connectivity index (χ1n) is 7.60. The van der Waals surface area contributed by atoms with Crippen molar-refractivity contribution in [3.05, 3.63) is 58.5 Å². The van der Waals surface area contributed by atoms with Crippen molar-refractivity contribution >= 4 is 33.3 Å². The van der Waals surface area contributed by atoms with Crippen molar-refractivity contribution < 1.29 is 4.52 Å². The van der Waals surface area contributed by atoms with Crippen molar-refractivity contribution in [1.29, 1.82) is 0 Å². The number of fused-ring (bicyclic) bond motifs is 1. The summed E-state index contributed by atoms with van der Waals surface area (Å²) in [6.07, 6.45) is 0. The third-order valence-corrected chi connectivity index (χ3v) is 5.78. The summed E-state index contributed by atoms with van der Waals surface area (Å²) in [7, 11) is 1.73. The molecule has 0 radical (unpaired) electrons. The van der Waals surface area contributed by atoms with Crippen molar-refractivity contribution in [1.82, 2.24) is 19.7 Å². The largest absolute Gasteiger partial charge is 0.338 e. The summed E-state index contributed by atoms with van der Waals surface area (Å²) >= 11 is 2.93. The molecule has 0 aliphatic carbocycles. The lowest BCUT2D eigenvalue weighted by Gasteiger charge is -2.04. The number of hydrogen-bond acceptors (Lipinski definition) is 7. The average molecular weight is 370 g/mol. The molecule has 0 bridgehead atoms. The minimum absolute atomic E-state index is 0.0485. The van der Waals surface area contributed by atoms with Crippen LogP contribution in [-0.4, -0.2) is 19.7 Å². The number of rotatable bonds is 4. The van der Waals surface area contributed by atoms with Gasteiger partial charge in [-0.2, -0.15) is 4.98 Å². The monoisotopic (exact) mass is 370 g/mol. The van der Waals surface area contributed by atoms with Gasteiger partial charge in [-0.3, -0.25) is 9.36 Å². The van der Waals surface area contributed by atoms with Crippen molar-refractivity contribution in [2.75, 3.05) is 0 Å². The molecule has 0 aliphatic rings. The molecule has 4 rings (SSSR count). The van der Waals surface area contributed by atoms with E-state index in [9.17, 15) is 4.79 Å². The van der Waals surface area contributed by atoms with Crippen molar-refractivity contribution in [2.45, 2.75) is 17.8 Å². The maximum atomic E-state index is 12.7. The molecule has 0 saturated carbocycles. The third kappa shape index (κ3) is 3.10. The van der Waals surface area contributed by atoms with Crippen LogP contribution in [0.25, 0.3) is 20.7 Å². The van der Waals surface area contributed by atoms with Gasteiger partial charge in [0.15, 0.2) is 11.0 Å². The van der Waals surface area contributed by atoms with Gasteiger partial charge in [0.05, 0.1) is 11.1 Å². The molecule has 0 atom stereocenters. The van der Waals surface area contributed by atoms with Gasteiger partial charge in [-0.25, -0.2) is 4.98 Å². The highest BCUT2D eigenvalue weighted by atomic mass is 32.2. The zero-order chi connectivity index (χ0) is 17.4. The highest BCUT2D eigenvalue weighted by molar-refractivity contribution is 7.98. The Morgan fingerprint density at radius 3 is 2.76 bits per heavy atom. The van der Waals surface area contributed by atoms with Crippen LogP contribution in [0.15, 0.2) is 50.9 Å². The van der Waals surface area contributed by atoms with Crippen LogP contribution in [-0.2, 0) is 12.8 Å². The summed E-state index contributed by atoms with van der Waals surface area (Å²) in [5.74, 6) is 1.59. The summed E-state index contributed by atoms with van der Waals surface area (Å²) in [5, 5.41) is 5.05. The van der Waals surface area contributed by atoms with Crippen molar-refractivity contribution in [3.63, 3.8) is 0 Å². The predicted octanol–water partition coefficient (Wildman–Crippen LogP) is 3.65. The van der Waals surface area contributed by atoms with Crippen LogP contribution < -0.4 is 5.56 Å². The molecule has 0 fully saturated rings. The Morgan fingerprint density at radius 1 is 1.24 bits per heavy atom. The Kier molecular flexibility index (Phi) is 4.14. The quantitative estimate of drug-likeness (QED) is 0.403. The number of aromatic nitrogens is 4. The minimum atomic E-state index is -0.0485. The van der Waals surface area contributed by atoms with Crippen LogP contribution in [0.4, 0.5) is 0 Å². The van der Waals surface area contributed by atoms with Gasteiger partial charge in [0, 0.05) is 11.9 Å². The Hall–Kier alpha value is -2.45. The normalized spacial score (nSPS) is 11.3. The third-order valence-electron chi connectivity index (χ3n) is 3.68. The smallest absolute Gasteiger partial charge is 0.262 e. The Morgan fingerprint density at radius 2 is 2.04 bits per heavy atom. The Labute approximate surface area is 151 Å². The second-order valence-electron chi connectivity index (χ2n) is 5.48. The molecular weight excluding hydrogens is 356 g/mol.